The smallest absolute Gasteiger partial charge is 0.130 e. The molecule has 0 amide bonds. The van der Waals surface area contributed by atoms with Gasteiger partial charge in [-0.15, -0.1) is 0 Å². The number of hydrogen-bond donors (Lipinski definition) is 1. The second kappa shape index (κ2) is 6.38. The summed E-state index contributed by atoms with van der Waals surface area (Å²) in [5.74, 6) is 2.43. The predicted molar refractivity (Wildman–Crippen MR) is 107 cm³/mol. The highest BCUT2D eigenvalue weighted by Gasteiger charge is 2.32. The Labute approximate surface area is 154 Å². The van der Waals surface area contributed by atoms with Crippen LogP contribution >= 0.6 is 0 Å². The minimum Gasteiger partial charge on any atom is -0.460 e. The van der Waals surface area contributed by atoms with Crippen molar-refractivity contribution >= 4 is 11.3 Å². The van der Waals surface area contributed by atoms with Gasteiger partial charge < -0.3 is 10.1 Å². The summed E-state index contributed by atoms with van der Waals surface area (Å²) in [6.45, 7) is 0. The van der Waals surface area contributed by atoms with Gasteiger partial charge in [-0.25, -0.2) is 0 Å². The van der Waals surface area contributed by atoms with E-state index in [1.54, 1.807) is 0 Å². The van der Waals surface area contributed by atoms with Crippen molar-refractivity contribution in [2.24, 2.45) is 0 Å². The molecule has 1 heterocycles. The van der Waals surface area contributed by atoms with Crippen molar-refractivity contribution in [1.29, 1.82) is 0 Å². The summed E-state index contributed by atoms with van der Waals surface area (Å²) in [6, 6.07) is 17.4. The molecule has 26 heavy (non-hydrogen) atoms. The highest BCUT2D eigenvalue weighted by molar-refractivity contribution is 5.81. The first-order valence-electron chi connectivity index (χ1n) is 9.26. The van der Waals surface area contributed by atoms with Crippen LogP contribution in [0.5, 0.6) is 5.75 Å². The second-order valence-electron chi connectivity index (χ2n) is 6.99. The van der Waals surface area contributed by atoms with Gasteiger partial charge in [0.1, 0.15) is 11.5 Å². The molecule has 2 atom stereocenters. The van der Waals surface area contributed by atoms with E-state index in [2.05, 4.69) is 84.2 Å². The number of rotatable bonds is 3. The molecular weight excluding hydrogens is 318 g/mol. The Morgan fingerprint density at radius 2 is 1.88 bits per heavy atom. The van der Waals surface area contributed by atoms with Crippen LogP contribution in [-0.4, -0.2) is 6.04 Å². The topological polar surface area (TPSA) is 21.3 Å². The molecule has 2 heteroatoms. The summed E-state index contributed by atoms with van der Waals surface area (Å²) in [7, 11) is 0. The highest BCUT2D eigenvalue weighted by Crippen LogP contribution is 2.47. The van der Waals surface area contributed by atoms with E-state index in [-0.39, 0.29) is 0 Å². The Balaban J connectivity index is 1.48. The minimum atomic E-state index is 0.342. The number of para-hydroxylation sites is 1. The van der Waals surface area contributed by atoms with Gasteiger partial charge >= 0.3 is 0 Å². The molecule has 2 unspecified atom stereocenters. The zero-order chi connectivity index (χ0) is 17.3. The molecular formula is C24H21NO. The monoisotopic (exact) mass is 339 g/mol. The number of ether oxygens (including phenoxy) is 1. The summed E-state index contributed by atoms with van der Waals surface area (Å²) in [5.41, 5.74) is 4.85. The molecule has 2 nitrogen and oxygen atoms in total. The number of allylic oxidation sites excluding steroid dienone is 6. The van der Waals surface area contributed by atoms with Crippen molar-refractivity contribution in [2.45, 2.75) is 24.8 Å². The Hall–Kier alpha value is -3.00. The third-order valence-corrected chi connectivity index (χ3v) is 5.26. The minimum absolute atomic E-state index is 0.342. The fraction of sp³-hybridized carbons (Fsp3) is 0.167. The maximum atomic E-state index is 6.26. The Bertz CT molecular complexity index is 964. The second-order valence-corrected chi connectivity index (χ2v) is 6.99. The third kappa shape index (κ3) is 2.68. The van der Waals surface area contributed by atoms with Gasteiger partial charge in [-0.1, -0.05) is 66.8 Å². The summed E-state index contributed by atoms with van der Waals surface area (Å²) in [4.78, 5) is 0. The van der Waals surface area contributed by atoms with Crippen molar-refractivity contribution in [2.75, 3.05) is 5.32 Å². The number of benzene rings is 2. The maximum Gasteiger partial charge on any atom is 0.130 e. The Kier molecular flexibility index (Phi) is 3.75. The third-order valence-electron chi connectivity index (χ3n) is 5.26. The quantitative estimate of drug-likeness (QED) is 0.759. The van der Waals surface area contributed by atoms with Crippen LogP contribution in [0.25, 0.3) is 5.57 Å². The largest absolute Gasteiger partial charge is 0.460 e. The van der Waals surface area contributed by atoms with Gasteiger partial charge in [-0.2, -0.15) is 0 Å². The highest BCUT2D eigenvalue weighted by atomic mass is 16.5. The van der Waals surface area contributed by atoms with Crippen molar-refractivity contribution in [1.82, 2.24) is 0 Å². The molecule has 5 rings (SSSR count). The molecule has 1 aliphatic heterocycles. The average Bonchev–Trinajstić information content (AvgIpc) is 3.08. The van der Waals surface area contributed by atoms with Gasteiger partial charge in [0.2, 0.25) is 0 Å². The first-order chi connectivity index (χ1) is 12.9. The zero-order valence-corrected chi connectivity index (χ0v) is 14.6. The van der Waals surface area contributed by atoms with E-state index < -0.39 is 0 Å². The van der Waals surface area contributed by atoms with Gasteiger partial charge in [0.25, 0.3) is 0 Å². The van der Waals surface area contributed by atoms with E-state index in [1.807, 2.05) is 6.07 Å². The van der Waals surface area contributed by atoms with Gasteiger partial charge in [0.15, 0.2) is 0 Å². The molecule has 0 saturated heterocycles. The van der Waals surface area contributed by atoms with Crippen molar-refractivity contribution < 1.29 is 4.74 Å². The first kappa shape index (κ1) is 15.3. The van der Waals surface area contributed by atoms with Crippen molar-refractivity contribution in [3.05, 3.63) is 102 Å². The van der Waals surface area contributed by atoms with Crippen LogP contribution in [0.15, 0.2) is 90.7 Å². The average molecular weight is 339 g/mol. The lowest BCUT2D eigenvalue weighted by Crippen LogP contribution is -2.17. The number of anilines is 1. The summed E-state index contributed by atoms with van der Waals surface area (Å²) in [5, 5.41) is 3.61. The molecule has 0 fully saturated rings. The van der Waals surface area contributed by atoms with Gasteiger partial charge in [0.05, 0.1) is 0 Å². The summed E-state index contributed by atoms with van der Waals surface area (Å²) < 4.78 is 6.26. The summed E-state index contributed by atoms with van der Waals surface area (Å²) in [6.07, 6.45) is 15.1. The van der Waals surface area contributed by atoms with Crippen LogP contribution in [0.2, 0.25) is 0 Å². The van der Waals surface area contributed by atoms with Crippen LogP contribution in [-0.2, 0) is 0 Å². The van der Waals surface area contributed by atoms with Crippen LogP contribution < -0.4 is 10.1 Å². The molecule has 1 N–H and O–H groups in total. The van der Waals surface area contributed by atoms with Crippen molar-refractivity contribution in [3.63, 3.8) is 0 Å². The maximum absolute atomic E-state index is 6.26. The lowest BCUT2D eigenvalue weighted by Gasteiger charge is -2.20. The molecule has 3 aliphatic rings. The molecule has 0 saturated carbocycles. The fourth-order valence-electron chi connectivity index (χ4n) is 3.99. The fourth-order valence-corrected chi connectivity index (χ4v) is 3.99. The first-order valence-corrected chi connectivity index (χ1v) is 9.26. The number of nitrogens with one attached hydrogen (secondary N) is 1. The lowest BCUT2D eigenvalue weighted by atomic mass is 9.87. The molecule has 0 radical (unpaired) electrons. The lowest BCUT2D eigenvalue weighted by molar-refractivity contribution is 0.429. The summed E-state index contributed by atoms with van der Waals surface area (Å²) >= 11 is 0. The van der Waals surface area contributed by atoms with Crippen LogP contribution in [0.1, 0.15) is 29.9 Å². The molecule has 2 aromatic rings. The molecule has 0 spiro atoms. The van der Waals surface area contributed by atoms with Gasteiger partial charge in [-0.05, 0) is 36.6 Å². The number of fused-ring (bicyclic) bond motifs is 3. The van der Waals surface area contributed by atoms with E-state index in [4.69, 9.17) is 4.74 Å². The van der Waals surface area contributed by atoms with Gasteiger partial charge in [-0.3, -0.25) is 0 Å². The molecule has 0 aromatic heterocycles. The Morgan fingerprint density at radius 3 is 2.81 bits per heavy atom. The number of hydrogen-bond acceptors (Lipinski definition) is 2. The SMILES string of the molecule is C1=CCC(Nc2cccc(C3=C4Oc5ccccc5C4CC=C3)c2)C=C1. The van der Waals surface area contributed by atoms with Crippen molar-refractivity contribution in [3.8, 4) is 5.75 Å². The zero-order valence-electron chi connectivity index (χ0n) is 14.6. The normalized spacial score (nSPS) is 22.8. The van der Waals surface area contributed by atoms with Crippen LogP contribution in [0, 0.1) is 0 Å². The molecule has 0 bridgehead atoms. The van der Waals surface area contributed by atoms with Crippen LogP contribution in [0.3, 0.4) is 0 Å². The Morgan fingerprint density at radius 1 is 0.923 bits per heavy atom. The van der Waals surface area contributed by atoms with E-state index in [0.29, 0.717) is 12.0 Å². The van der Waals surface area contributed by atoms with E-state index in [9.17, 15) is 0 Å². The van der Waals surface area contributed by atoms with E-state index in [0.717, 1.165) is 30.0 Å². The molecule has 2 aromatic carbocycles. The van der Waals surface area contributed by atoms with E-state index >= 15 is 0 Å². The predicted octanol–water partition coefficient (Wildman–Crippen LogP) is 5.83. The standard InChI is InChI=1S/C24H21NO/c1-2-9-18(10-3-1)25-19-11-6-8-17(16-19)20-13-7-14-22-21-12-4-5-15-23(21)26-24(20)22/h1-9,11-13,15-16,18,22,25H,10,14H2. The molecule has 2 aliphatic carbocycles. The van der Waals surface area contributed by atoms with Crippen LogP contribution in [0.4, 0.5) is 5.69 Å². The molecule has 128 valence electrons. The van der Waals surface area contributed by atoms with Gasteiger partial charge in [0, 0.05) is 28.8 Å². The van der Waals surface area contributed by atoms with E-state index in [1.165, 1.54) is 16.7 Å².